The highest BCUT2D eigenvalue weighted by Crippen LogP contribution is 2.42. The molecule has 2 saturated heterocycles. The maximum Gasteiger partial charge on any atom is 0.219 e. The van der Waals surface area contributed by atoms with Crippen LogP contribution in [0.3, 0.4) is 0 Å². The van der Waals surface area contributed by atoms with Gasteiger partial charge in [0.05, 0.1) is 18.8 Å². The molecule has 0 saturated carbocycles. The Morgan fingerprint density at radius 1 is 0.767 bits per heavy atom. The highest BCUT2D eigenvalue weighted by Gasteiger charge is 2.65. The molecule has 3 aliphatic rings. The third-order valence-corrected chi connectivity index (χ3v) is 7.72. The molecule has 1 aromatic rings. The van der Waals surface area contributed by atoms with Gasteiger partial charge in [-0.25, -0.2) is 0 Å². The second kappa shape index (κ2) is 12.4. The molecular formula is C27H32O16. The quantitative estimate of drug-likeness (QED) is 0.0820. The van der Waals surface area contributed by atoms with E-state index in [9.17, 15) is 70.9 Å². The van der Waals surface area contributed by atoms with E-state index in [-0.39, 0.29) is 5.75 Å². The van der Waals surface area contributed by atoms with E-state index in [2.05, 4.69) is 0 Å². The van der Waals surface area contributed by atoms with E-state index < -0.39 is 114 Å². The molecule has 0 aromatic heterocycles. The minimum Gasteiger partial charge on any atom is -0.508 e. The summed E-state index contributed by atoms with van der Waals surface area (Å²) < 4.78 is 10.6. The Morgan fingerprint density at radius 2 is 1.30 bits per heavy atom. The van der Waals surface area contributed by atoms with Crippen molar-refractivity contribution >= 4 is 17.6 Å². The van der Waals surface area contributed by atoms with Gasteiger partial charge in [0.2, 0.25) is 17.2 Å². The van der Waals surface area contributed by atoms with Gasteiger partial charge in [-0.2, -0.15) is 0 Å². The standard InChI is InChI=1S/C27H32O16/c28-7-12-16(32)19(35)21(37)23(42-12)15-18(34)14(11(31)6-3-9-1-4-10(30)5-2-9)24(39)27(41,25(15)40)26-22(38)20(36)17(33)13(8-29)43-26/h1-6,12-13,16-17,19-23,26,28-38,41H,7-8H2/b6-3+,14-11-/t12-,13-,16-,17-,19+,20+,21-,22-,23+,26-,27?/m1/s1. The molecule has 0 bridgehead atoms. The predicted molar refractivity (Wildman–Crippen MR) is 139 cm³/mol. The van der Waals surface area contributed by atoms with Crippen molar-refractivity contribution in [1.29, 1.82) is 0 Å². The molecule has 16 nitrogen and oxygen atoms in total. The van der Waals surface area contributed by atoms with Gasteiger partial charge in [-0.3, -0.25) is 9.59 Å². The van der Waals surface area contributed by atoms with Crippen molar-refractivity contribution in [2.75, 3.05) is 13.2 Å². The Bertz CT molecular complexity index is 1320. The molecule has 0 spiro atoms. The van der Waals surface area contributed by atoms with E-state index in [0.717, 1.165) is 6.08 Å². The number of rotatable bonds is 6. The molecule has 236 valence electrons. The summed E-state index contributed by atoms with van der Waals surface area (Å²) >= 11 is 0. The number of allylic oxidation sites excluding steroid dienone is 2. The number of phenolic OH excluding ortho intramolecular Hbond substituents is 1. The van der Waals surface area contributed by atoms with E-state index in [1.54, 1.807) is 0 Å². The summed E-state index contributed by atoms with van der Waals surface area (Å²) in [6.07, 6.45) is -18.7. The minimum atomic E-state index is -3.63. The number of aliphatic hydroxyl groups is 11. The first-order valence-electron chi connectivity index (χ1n) is 13.0. The summed E-state index contributed by atoms with van der Waals surface area (Å²) in [5.74, 6) is -6.12. The molecule has 1 aliphatic carbocycles. The fourth-order valence-corrected chi connectivity index (χ4v) is 5.24. The molecule has 0 amide bonds. The van der Waals surface area contributed by atoms with Crippen LogP contribution in [0.25, 0.3) is 6.08 Å². The van der Waals surface area contributed by atoms with Gasteiger partial charge in [-0.05, 0) is 23.8 Å². The molecule has 43 heavy (non-hydrogen) atoms. The summed E-state index contributed by atoms with van der Waals surface area (Å²) in [6.45, 7) is -1.99. The van der Waals surface area contributed by atoms with Crippen LogP contribution in [0.15, 0.2) is 53.0 Å². The fraction of sp³-hybridized carbons (Fsp3) is 0.481. The van der Waals surface area contributed by atoms with Crippen molar-refractivity contribution in [3.05, 3.63) is 58.6 Å². The van der Waals surface area contributed by atoms with Crippen LogP contribution in [0, 0.1) is 0 Å². The highest BCUT2D eigenvalue weighted by molar-refractivity contribution is 6.28. The summed E-state index contributed by atoms with van der Waals surface area (Å²) in [6, 6.07) is 5.38. The molecular weight excluding hydrogens is 580 g/mol. The van der Waals surface area contributed by atoms with Gasteiger partial charge in [0, 0.05) is 0 Å². The lowest BCUT2D eigenvalue weighted by atomic mass is 9.69. The van der Waals surface area contributed by atoms with Crippen molar-refractivity contribution in [2.24, 2.45) is 0 Å². The minimum absolute atomic E-state index is 0.0879. The fourth-order valence-electron chi connectivity index (χ4n) is 5.24. The SMILES string of the molecule is O=C1C([C@@H]2O[C@H](CO)[C@@H](O)[C@H](O)[C@H]2O)=C(O)/C(=C(O)\C=C\c2ccc(O)cc2)C(=O)C1(O)[C@@H]1O[C@H](CO)[C@@H](O)[C@H](O)[C@H]1O. The van der Waals surface area contributed by atoms with Crippen LogP contribution in [0.1, 0.15) is 5.56 Å². The number of ether oxygens (including phenoxy) is 2. The topological polar surface area (TPSA) is 295 Å². The van der Waals surface area contributed by atoms with Gasteiger partial charge in [0.15, 0.2) is 0 Å². The molecule has 11 atom stereocenters. The lowest BCUT2D eigenvalue weighted by Crippen LogP contribution is -2.72. The van der Waals surface area contributed by atoms with Gasteiger partial charge >= 0.3 is 0 Å². The van der Waals surface area contributed by atoms with E-state index in [1.165, 1.54) is 30.3 Å². The Labute approximate surface area is 242 Å². The molecule has 1 unspecified atom stereocenters. The first-order chi connectivity index (χ1) is 20.2. The average molecular weight is 613 g/mol. The lowest BCUT2D eigenvalue weighted by Gasteiger charge is -2.48. The van der Waals surface area contributed by atoms with Crippen LogP contribution >= 0.6 is 0 Å². The molecule has 2 fully saturated rings. The number of aliphatic hydroxyl groups excluding tert-OH is 10. The summed E-state index contributed by atoms with van der Waals surface area (Å²) in [5.41, 5.74) is -5.62. The van der Waals surface area contributed by atoms with Gasteiger partial charge in [0.1, 0.15) is 83.9 Å². The van der Waals surface area contributed by atoms with E-state index in [1.807, 2.05) is 0 Å². The number of carbonyl (C=O) groups is 2. The Hall–Kier alpha value is -3.26. The zero-order valence-electron chi connectivity index (χ0n) is 22.2. The number of Topliss-reactive ketones (excluding diaryl/α,β-unsaturated/α-hetero) is 2. The number of ketones is 2. The number of benzene rings is 1. The number of aromatic hydroxyl groups is 1. The van der Waals surface area contributed by atoms with Crippen LogP contribution in [0.4, 0.5) is 0 Å². The molecule has 4 rings (SSSR count). The summed E-state index contributed by atoms with van der Waals surface area (Å²) in [7, 11) is 0. The average Bonchev–Trinajstić information content (AvgIpc) is 2.98. The van der Waals surface area contributed by atoms with E-state index >= 15 is 0 Å². The Morgan fingerprint density at radius 3 is 1.86 bits per heavy atom. The summed E-state index contributed by atoms with van der Waals surface area (Å²) in [4.78, 5) is 27.6. The van der Waals surface area contributed by atoms with Gasteiger partial charge in [0.25, 0.3) is 0 Å². The monoisotopic (exact) mass is 612 g/mol. The van der Waals surface area contributed by atoms with Crippen LogP contribution in [0.5, 0.6) is 5.75 Å². The largest absolute Gasteiger partial charge is 0.508 e. The molecule has 0 radical (unpaired) electrons. The first kappa shape index (κ1) is 32.6. The second-order valence-corrected chi connectivity index (χ2v) is 10.4. The zero-order valence-corrected chi connectivity index (χ0v) is 22.2. The second-order valence-electron chi connectivity index (χ2n) is 10.4. The Kier molecular flexibility index (Phi) is 9.41. The van der Waals surface area contributed by atoms with Gasteiger partial charge in [-0.15, -0.1) is 0 Å². The van der Waals surface area contributed by atoms with Crippen LogP contribution in [0.2, 0.25) is 0 Å². The third-order valence-electron chi connectivity index (χ3n) is 7.72. The molecule has 16 heteroatoms. The molecule has 12 N–H and O–H groups in total. The predicted octanol–water partition coefficient (Wildman–Crippen LogP) is -4.40. The maximum absolute atomic E-state index is 13.9. The number of phenols is 1. The van der Waals surface area contributed by atoms with Crippen molar-refractivity contribution in [1.82, 2.24) is 0 Å². The number of hydrogen-bond donors (Lipinski definition) is 12. The number of carbonyl (C=O) groups excluding carboxylic acids is 2. The van der Waals surface area contributed by atoms with Crippen LogP contribution in [-0.4, -0.2) is 153 Å². The lowest BCUT2D eigenvalue weighted by molar-refractivity contribution is -0.261. The van der Waals surface area contributed by atoms with Crippen molar-refractivity contribution < 1.29 is 80.3 Å². The summed E-state index contributed by atoms with van der Waals surface area (Å²) in [5, 5.41) is 125. The third kappa shape index (κ3) is 5.47. The first-order valence-corrected chi connectivity index (χ1v) is 13.0. The maximum atomic E-state index is 13.9. The number of hydrogen-bond acceptors (Lipinski definition) is 16. The van der Waals surface area contributed by atoms with Crippen molar-refractivity contribution in [3.63, 3.8) is 0 Å². The highest BCUT2D eigenvalue weighted by atomic mass is 16.6. The van der Waals surface area contributed by atoms with Gasteiger partial charge < -0.3 is 70.8 Å². The molecule has 2 aliphatic heterocycles. The van der Waals surface area contributed by atoms with E-state index in [0.29, 0.717) is 5.56 Å². The zero-order chi connectivity index (χ0) is 32.0. The smallest absolute Gasteiger partial charge is 0.219 e. The van der Waals surface area contributed by atoms with Crippen molar-refractivity contribution in [2.45, 2.75) is 66.6 Å². The van der Waals surface area contributed by atoms with E-state index in [4.69, 9.17) is 9.47 Å². The molecule has 1 aromatic carbocycles. The molecule has 2 heterocycles. The van der Waals surface area contributed by atoms with Gasteiger partial charge in [-0.1, -0.05) is 18.2 Å². The van der Waals surface area contributed by atoms with Crippen LogP contribution < -0.4 is 0 Å². The van der Waals surface area contributed by atoms with Crippen molar-refractivity contribution in [3.8, 4) is 5.75 Å². The Balaban J connectivity index is 1.92. The van der Waals surface area contributed by atoms with Crippen LogP contribution in [-0.2, 0) is 19.1 Å². The normalized spacial score (nSPS) is 40.3.